The molecule has 1 aromatic rings. The Kier molecular flexibility index (Phi) is 5.10. The van der Waals surface area contributed by atoms with Gasteiger partial charge in [-0.15, -0.1) is 0 Å². The molecule has 0 aromatic carbocycles. The van der Waals surface area contributed by atoms with Crippen LogP contribution in [0.5, 0.6) is 5.88 Å². The summed E-state index contributed by atoms with van der Waals surface area (Å²) >= 11 is 0. The van der Waals surface area contributed by atoms with Crippen LogP contribution in [0.15, 0.2) is 6.33 Å². The van der Waals surface area contributed by atoms with Gasteiger partial charge in [0, 0.05) is 13.1 Å². The van der Waals surface area contributed by atoms with E-state index in [0.717, 1.165) is 6.26 Å². The van der Waals surface area contributed by atoms with E-state index in [2.05, 4.69) is 20.0 Å². The zero-order valence-electron chi connectivity index (χ0n) is 10.3. The molecule has 0 aliphatic rings. The van der Waals surface area contributed by atoms with Crippen molar-refractivity contribution < 1.29 is 13.2 Å². The van der Waals surface area contributed by atoms with Crippen molar-refractivity contribution in [3.8, 4) is 5.88 Å². The number of nitrogen functional groups attached to an aromatic ring is 1. The van der Waals surface area contributed by atoms with Crippen molar-refractivity contribution in [2.45, 2.75) is 6.92 Å². The largest absolute Gasteiger partial charge is 0.476 e. The summed E-state index contributed by atoms with van der Waals surface area (Å²) in [5.74, 6) is 0.731. The van der Waals surface area contributed by atoms with Crippen LogP contribution in [0.25, 0.3) is 0 Å². The summed E-state index contributed by atoms with van der Waals surface area (Å²) in [5, 5.41) is 2.90. The van der Waals surface area contributed by atoms with Crippen LogP contribution in [0.2, 0.25) is 0 Å². The minimum absolute atomic E-state index is 0.242. The number of nitrogens with two attached hydrogens (primary N) is 1. The van der Waals surface area contributed by atoms with Crippen LogP contribution < -0.4 is 20.5 Å². The van der Waals surface area contributed by atoms with Gasteiger partial charge in [0.25, 0.3) is 0 Å². The van der Waals surface area contributed by atoms with Gasteiger partial charge in [0.15, 0.2) is 5.82 Å². The van der Waals surface area contributed by atoms with Crippen LogP contribution in [0.1, 0.15) is 6.92 Å². The Labute approximate surface area is 106 Å². The normalized spacial score (nSPS) is 11.2. The lowest BCUT2D eigenvalue weighted by atomic mass is 10.4. The second-order valence-electron chi connectivity index (χ2n) is 3.47. The second-order valence-corrected chi connectivity index (χ2v) is 5.30. The fourth-order valence-electron chi connectivity index (χ4n) is 1.19. The second kappa shape index (κ2) is 6.36. The quantitative estimate of drug-likeness (QED) is 0.569. The van der Waals surface area contributed by atoms with Crippen molar-refractivity contribution in [3.63, 3.8) is 0 Å². The van der Waals surface area contributed by atoms with Gasteiger partial charge in [-0.1, -0.05) is 0 Å². The monoisotopic (exact) mass is 275 g/mol. The highest BCUT2D eigenvalue weighted by molar-refractivity contribution is 7.88. The van der Waals surface area contributed by atoms with Gasteiger partial charge in [0.05, 0.1) is 12.9 Å². The fourth-order valence-corrected chi connectivity index (χ4v) is 1.66. The number of hydrogen-bond donors (Lipinski definition) is 3. The Morgan fingerprint density at radius 3 is 2.72 bits per heavy atom. The molecule has 0 radical (unpaired) electrons. The standard InChI is InChI=1S/C9H17N5O3S/c1-3-17-9-7(10)8(12-6-13-9)11-4-5-14-18(2,15)16/h6,14H,3-5,10H2,1-2H3,(H,11,12,13). The average Bonchev–Trinajstić information content (AvgIpc) is 2.28. The highest BCUT2D eigenvalue weighted by Crippen LogP contribution is 2.23. The lowest BCUT2D eigenvalue weighted by Gasteiger charge is -2.10. The number of hydrogen-bond acceptors (Lipinski definition) is 7. The third-order valence-electron chi connectivity index (χ3n) is 1.91. The van der Waals surface area contributed by atoms with Gasteiger partial charge in [-0.05, 0) is 6.92 Å². The zero-order valence-corrected chi connectivity index (χ0v) is 11.1. The van der Waals surface area contributed by atoms with E-state index < -0.39 is 10.0 Å². The average molecular weight is 275 g/mol. The maximum Gasteiger partial charge on any atom is 0.242 e. The Morgan fingerprint density at radius 1 is 1.39 bits per heavy atom. The molecule has 0 bridgehead atoms. The summed E-state index contributed by atoms with van der Waals surface area (Å²) in [6.45, 7) is 2.88. The van der Waals surface area contributed by atoms with Gasteiger partial charge in [0.2, 0.25) is 15.9 Å². The Balaban J connectivity index is 2.55. The van der Waals surface area contributed by atoms with Crippen molar-refractivity contribution in [2.75, 3.05) is 37.0 Å². The molecule has 18 heavy (non-hydrogen) atoms. The van der Waals surface area contributed by atoms with E-state index in [1.165, 1.54) is 6.33 Å². The number of sulfonamides is 1. The molecule has 0 fully saturated rings. The number of nitrogens with one attached hydrogen (secondary N) is 2. The van der Waals surface area contributed by atoms with E-state index in [1.54, 1.807) is 0 Å². The maximum atomic E-state index is 10.8. The Bertz CT molecular complexity index is 491. The number of rotatable bonds is 7. The fraction of sp³-hybridized carbons (Fsp3) is 0.556. The molecule has 0 aliphatic carbocycles. The van der Waals surface area contributed by atoms with E-state index in [0.29, 0.717) is 30.5 Å². The molecule has 0 saturated carbocycles. The molecular formula is C9H17N5O3S. The van der Waals surface area contributed by atoms with E-state index in [-0.39, 0.29) is 6.54 Å². The van der Waals surface area contributed by atoms with Crippen LogP contribution in [0, 0.1) is 0 Å². The zero-order chi connectivity index (χ0) is 13.6. The maximum absolute atomic E-state index is 10.8. The number of ether oxygens (including phenoxy) is 1. The van der Waals surface area contributed by atoms with Crippen LogP contribution in [-0.2, 0) is 10.0 Å². The molecular weight excluding hydrogens is 258 g/mol. The first-order valence-corrected chi connectivity index (χ1v) is 7.25. The van der Waals surface area contributed by atoms with Crippen LogP contribution in [0.4, 0.5) is 11.5 Å². The molecule has 0 spiro atoms. The molecule has 9 heteroatoms. The summed E-state index contributed by atoms with van der Waals surface area (Å²) in [5.41, 5.74) is 6.09. The van der Waals surface area contributed by atoms with E-state index >= 15 is 0 Å². The predicted molar refractivity (Wildman–Crippen MR) is 68.9 cm³/mol. The van der Waals surface area contributed by atoms with E-state index in [4.69, 9.17) is 10.5 Å². The van der Waals surface area contributed by atoms with Gasteiger partial charge in [-0.25, -0.2) is 18.1 Å². The molecule has 102 valence electrons. The highest BCUT2D eigenvalue weighted by Gasteiger charge is 2.08. The van der Waals surface area contributed by atoms with Crippen molar-refractivity contribution in [3.05, 3.63) is 6.33 Å². The smallest absolute Gasteiger partial charge is 0.242 e. The molecule has 8 nitrogen and oxygen atoms in total. The first-order chi connectivity index (χ1) is 8.44. The minimum atomic E-state index is -3.18. The van der Waals surface area contributed by atoms with Crippen LogP contribution in [-0.4, -0.2) is 44.3 Å². The lowest BCUT2D eigenvalue weighted by molar-refractivity contribution is 0.328. The molecule has 0 aliphatic heterocycles. The summed E-state index contributed by atoms with van der Waals surface area (Å²) in [6.07, 6.45) is 2.42. The van der Waals surface area contributed by atoms with E-state index in [9.17, 15) is 8.42 Å². The molecule has 0 atom stereocenters. The molecule has 4 N–H and O–H groups in total. The molecule has 1 aromatic heterocycles. The SMILES string of the molecule is CCOc1ncnc(NCCNS(C)(=O)=O)c1N. The van der Waals surface area contributed by atoms with Crippen LogP contribution in [0.3, 0.4) is 0 Å². The molecule has 0 saturated heterocycles. The Hall–Kier alpha value is -1.61. The minimum Gasteiger partial charge on any atom is -0.476 e. The van der Waals surface area contributed by atoms with Crippen LogP contribution >= 0.6 is 0 Å². The molecule has 0 unspecified atom stereocenters. The molecule has 1 heterocycles. The van der Waals surface area contributed by atoms with Gasteiger partial charge < -0.3 is 15.8 Å². The number of anilines is 2. The van der Waals surface area contributed by atoms with E-state index in [1.807, 2.05) is 6.92 Å². The predicted octanol–water partition coefficient (Wildman–Crippen LogP) is -0.581. The third-order valence-corrected chi connectivity index (χ3v) is 2.64. The van der Waals surface area contributed by atoms with Gasteiger partial charge >= 0.3 is 0 Å². The Morgan fingerprint density at radius 2 is 2.11 bits per heavy atom. The number of aromatic nitrogens is 2. The summed E-state index contributed by atoms with van der Waals surface area (Å²) in [7, 11) is -3.18. The topological polar surface area (TPSA) is 119 Å². The summed E-state index contributed by atoms with van der Waals surface area (Å²) in [6, 6.07) is 0. The summed E-state index contributed by atoms with van der Waals surface area (Å²) < 4.78 is 29.2. The van der Waals surface area contributed by atoms with Crippen molar-refractivity contribution in [1.29, 1.82) is 0 Å². The lowest BCUT2D eigenvalue weighted by Crippen LogP contribution is -2.28. The van der Waals surface area contributed by atoms with Gasteiger partial charge in [0.1, 0.15) is 12.0 Å². The first-order valence-electron chi connectivity index (χ1n) is 5.36. The molecule has 0 amide bonds. The first kappa shape index (κ1) is 14.5. The van der Waals surface area contributed by atoms with Gasteiger partial charge in [-0.2, -0.15) is 4.98 Å². The third kappa shape index (κ3) is 4.72. The van der Waals surface area contributed by atoms with Crippen molar-refractivity contribution in [1.82, 2.24) is 14.7 Å². The number of nitrogens with zero attached hydrogens (tertiary/aromatic N) is 2. The highest BCUT2D eigenvalue weighted by atomic mass is 32.2. The van der Waals surface area contributed by atoms with Crippen molar-refractivity contribution >= 4 is 21.5 Å². The van der Waals surface area contributed by atoms with Gasteiger partial charge in [-0.3, -0.25) is 0 Å². The molecule has 1 rings (SSSR count). The summed E-state index contributed by atoms with van der Waals surface area (Å²) in [4.78, 5) is 7.84. The van der Waals surface area contributed by atoms with Crippen molar-refractivity contribution in [2.24, 2.45) is 0 Å².